The minimum Gasteiger partial charge on any atom is -0.377 e. The highest BCUT2D eigenvalue weighted by molar-refractivity contribution is 7.09. The highest BCUT2D eigenvalue weighted by Gasteiger charge is 2.58. The summed E-state index contributed by atoms with van der Waals surface area (Å²) in [4.78, 5) is 5.66. The largest absolute Gasteiger partial charge is 0.377 e. The predicted octanol–water partition coefficient (Wildman–Crippen LogP) is 2.35. The molecule has 0 radical (unpaired) electrons. The molecule has 0 bridgehead atoms. The molecule has 0 unspecified atom stereocenters. The van der Waals surface area contributed by atoms with Crippen LogP contribution >= 0.6 is 11.3 Å². The van der Waals surface area contributed by atoms with Gasteiger partial charge in [-0.15, -0.1) is 11.3 Å². The van der Waals surface area contributed by atoms with Gasteiger partial charge in [-0.2, -0.15) is 0 Å². The van der Waals surface area contributed by atoms with E-state index in [2.05, 4.69) is 31.1 Å². The molecule has 1 aliphatic carbocycles. The smallest absolute Gasteiger partial charge is 0.0798 e. The zero-order chi connectivity index (χ0) is 12.0. The minimum absolute atomic E-state index is 0.278. The van der Waals surface area contributed by atoms with Crippen LogP contribution in [-0.2, 0) is 11.3 Å². The van der Waals surface area contributed by atoms with Crippen molar-refractivity contribution in [1.82, 2.24) is 10.3 Å². The lowest BCUT2D eigenvalue weighted by Gasteiger charge is -2.55. The van der Waals surface area contributed by atoms with Crippen LogP contribution in [0.25, 0.3) is 0 Å². The van der Waals surface area contributed by atoms with E-state index in [0.29, 0.717) is 12.1 Å². The van der Waals surface area contributed by atoms with E-state index in [1.54, 1.807) is 11.3 Å². The third kappa shape index (κ3) is 1.74. The Morgan fingerprint density at radius 3 is 3.12 bits per heavy atom. The van der Waals surface area contributed by atoms with E-state index in [4.69, 9.17) is 4.74 Å². The Labute approximate surface area is 107 Å². The van der Waals surface area contributed by atoms with E-state index < -0.39 is 0 Å². The predicted molar refractivity (Wildman–Crippen MR) is 69.1 cm³/mol. The van der Waals surface area contributed by atoms with Gasteiger partial charge >= 0.3 is 0 Å². The number of aromatic nitrogens is 1. The lowest BCUT2D eigenvalue weighted by Crippen LogP contribution is -2.65. The fourth-order valence-electron chi connectivity index (χ4n) is 3.44. The van der Waals surface area contributed by atoms with Gasteiger partial charge in [0, 0.05) is 35.4 Å². The van der Waals surface area contributed by atoms with Crippen LogP contribution in [0.15, 0.2) is 5.51 Å². The third-order valence-electron chi connectivity index (χ3n) is 4.43. The fraction of sp³-hybridized carbons (Fsp3) is 0.769. The van der Waals surface area contributed by atoms with Gasteiger partial charge in [-0.3, -0.25) is 0 Å². The highest BCUT2D eigenvalue weighted by Crippen LogP contribution is 2.52. The van der Waals surface area contributed by atoms with Crippen molar-refractivity contribution in [3.63, 3.8) is 0 Å². The summed E-state index contributed by atoms with van der Waals surface area (Å²) in [5.41, 5.74) is 3.37. The molecule has 2 heterocycles. The molecule has 1 saturated carbocycles. The number of hydrogen-bond acceptors (Lipinski definition) is 4. The molecule has 1 aromatic heterocycles. The molecule has 3 rings (SSSR count). The molecule has 3 nitrogen and oxygen atoms in total. The summed E-state index contributed by atoms with van der Waals surface area (Å²) < 4.78 is 5.81. The average Bonchev–Trinajstić information content (AvgIpc) is 2.87. The van der Waals surface area contributed by atoms with Gasteiger partial charge in [0.1, 0.15) is 0 Å². The molecule has 1 N–H and O–H groups in total. The number of fused-ring (bicyclic) bond motifs is 1. The van der Waals surface area contributed by atoms with Gasteiger partial charge in [0.15, 0.2) is 0 Å². The molecular weight excluding hydrogens is 232 g/mol. The minimum atomic E-state index is 0.278. The fourth-order valence-corrected chi connectivity index (χ4v) is 4.17. The molecule has 0 amide bonds. The lowest BCUT2D eigenvalue weighted by molar-refractivity contribution is -0.113. The Balaban J connectivity index is 1.64. The quantitative estimate of drug-likeness (QED) is 0.896. The van der Waals surface area contributed by atoms with Crippen molar-refractivity contribution < 1.29 is 4.74 Å². The van der Waals surface area contributed by atoms with E-state index in [-0.39, 0.29) is 5.41 Å². The van der Waals surface area contributed by atoms with Crippen LogP contribution in [-0.4, -0.2) is 23.7 Å². The molecule has 0 aromatic carbocycles. The molecule has 0 spiro atoms. The summed E-state index contributed by atoms with van der Waals surface area (Å²) >= 11 is 1.75. The topological polar surface area (TPSA) is 34.2 Å². The van der Waals surface area contributed by atoms with E-state index in [0.717, 1.165) is 19.1 Å². The summed E-state index contributed by atoms with van der Waals surface area (Å²) in [6.45, 7) is 8.61. The van der Waals surface area contributed by atoms with Crippen molar-refractivity contribution in [2.75, 3.05) is 6.61 Å². The highest BCUT2D eigenvalue weighted by atomic mass is 32.1. The molecule has 1 aliphatic heterocycles. The molecule has 2 fully saturated rings. The number of nitrogens with one attached hydrogen (secondary N) is 1. The number of hydrogen-bond donors (Lipinski definition) is 1. The van der Waals surface area contributed by atoms with E-state index in [1.807, 2.05) is 5.51 Å². The Kier molecular flexibility index (Phi) is 2.76. The van der Waals surface area contributed by atoms with Crippen LogP contribution in [0.3, 0.4) is 0 Å². The number of thiazole rings is 1. The standard InChI is InChI=1S/C13H20N2OS/c1-8-10(17-7-15-8)6-14-11-9-4-5-16-12(9)13(11,2)3/h7,9,11-12,14H,4-6H2,1-3H3/t9-,11+,12-/m0/s1. The Hall–Kier alpha value is -0.450. The molecule has 1 saturated heterocycles. The summed E-state index contributed by atoms with van der Waals surface area (Å²) in [5, 5.41) is 3.71. The van der Waals surface area contributed by atoms with Gasteiger partial charge in [0.05, 0.1) is 17.3 Å². The first kappa shape index (κ1) is 11.6. The number of ether oxygens (including phenoxy) is 1. The van der Waals surface area contributed by atoms with Crippen molar-refractivity contribution in [2.24, 2.45) is 11.3 Å². The second-order valence-electron chi connectivity index (χ2n) is 5.78. The van der Waals surface area contributed by atoms with Crippen LogP contribution in [0, 0.1) is 18.3 Å². The first-order valence-corrected chi connectivity index (χ1v) is 7.22. The zero-order valence-electron chi connectivity index (χ0n) is 10.7. The molecule has 1 aromatic rings. The molecule has 3 atom stereocenters. The van der Waals surface area contributed by atoms with Crippen molar-refractivity contribution in [2.45, 2.75) is 45.9 Å². The first-order valence-electron chi connectivity index (χ1n) is 6.34. The lowest BCUT2D eigenvalue weighted by atomic mass is 9.57. The first-order chi connectivity index (χ1) is 8.10. The molecule has 4 heteroatoms. The van der Waals surface area contributed by atoms with Crippen molar-refractivity contribution >= 4 is 11.3 Å². The van der Waals surface area contributed by atoms with Crippen molar-refractivity contribution in [3.8, 4) is 0 Å². The number of rotatable bonds is 3. The Bertz CT molecular complexity index is 415. The maximum absolute atomic E-state index is 5.81. The van der Waals surface area contributed by atoms with Crippen LogP contribution in [0.5, 0.6) is 0 Å². The van der Waals surface area contributed by atoms with Crippen molar-refractivity contribution in [3.05, 3.63) is 16.1 Å². The summed E-state index contributed by atoms with van der Waals surface area (Å²) in [5.74, 6) is 0.721. The van der Waals surface area contributed by atoms with E-state index >= 15 is 0 Å². The molecule has 17 heavy (non-hydrogen) atoms. The average molecular weight is 252 g/mol. The Morgan fingerprint density at radius 2 is 2.41 bits per heavy atom. The van der Waals surface area contributed by atoms with Crippen LogP contribution < -0.4 is 5.32 Å². The SMILES string of the molecule is Cc1ncsc1CN[C@@H]1[C@@H]2CCO[C@@H]2C1(C)C. The summed E-state index contributed by atoms with van der Waals surface area (Å²) in [6, 6.07) is 0.594. The van der Waals surface area contributed by atoms with Crippen molar-refractivity contribution in [1.29, 1.82) is 0 Å². The van der Waals surface area contributed by atoms with Gasteiger partial charge in [-0.05, 0) is 13.3 Å². The van der Waals surface area contributed by atoms with Crippen LogP contribution in [0.1, 0.15) is 30.8 Å². The number of aryl methyl sites for hydroxylation is 1. The van der Waals surface area contributed by atoms with Gasteiger partial charge in [0.25, 0.3) is 0 Å². The van der Waals surface area contributed by atoms with E-state index in [9.17, 15) is 0 Å². The maximum Gasteiger partial charge on any atom is 0.0798 e. The Morgan fingerprint density at radius 1 is 1.59 bits per heavy atom. The van der Waals surface area contributed by atoms with Gasteiger partial charge in [0.2, 0.25) is 0 Å². The normalized spacial score (nSPS) is 34.4. The molecular formula is C13H20N2OS. The van der Waals surface area contributed by atoms with E-state index in [1.165, 1.54) is 17.0 Å². The second-order valence-corrected chi connectivity index (χ2v) is 6.72. The van der Waals surface area contributed by atoms with Gasteiger partial charge in [-0.25, -0.2) is 4.98 Å². The van der Waals surface area contributed by atoms with Gasteiger partial charge < -0.3 is 10.1 Å². The monoisotopic (exact) mass is 252 g/mol. The summed E-state index contributed by atoms with van der Waals surface area (Å²) in [6.07, 6.45) is 1.69. The second kappa shape index (κ2) is 4.04. The molecule has 2 aliphatic rings. The summed E-state index contributed by atoms with van der Waals surface area (Å²) in [7, 11) is 0. The van der Waals surface area contributed by atoms with Crippen LogP contribution in [0.2, 0.25) is 0 Å². The molecule has 94 valence electrons. The maximum atomic E-state index is 5.81. The van der Waals surface area contributed by atoms with Gasteiger partial charge in [-0.1, -0.05) is 13.8 Å². The third-order valence-corrected chi connectivity index (χ3v) is 5.36. The van der Waals surface area contributed by atoms with Crippen LogP contribution in [0.4, 0.5) is 0 Å². The number of nitrogens with zero attached hydrogens (tertiary/aromatic N) is 1. The zero-order valence-corrected chi connectivity index (χ0v) is 11.5.